The van der Waals surface area contributed by atoms with E-state index in [0.717, 1.165) is 0 Å². The Morgan fingerprint density at radius 3 is 2.59 bits per heavy atom. The minimum atomic E-state index is -0.654. The van der Waals surface area contributed by atoms with Crippen LogP contribution in [0.4, 0.5) is 5.69 Å². The minimum absolute atomic E-state index is 0.0475. The molecule has 29 heavy (non-hydrogen) atoms. The number of aryl methyl sites for hydroxylation is 1. The zero-order valence-electron chi connectivity index (χ0n) is 15.9. The fourth-order valence-electron chi connectivity index (χ4n) is 2.70. The molecule has 2 rings (SSSR count). The number of rotatable bonds is 9. The molecule has 0 saturated carbocycles. The van der Waals surface area contributed by atoms with E-state index in [1.165, 1.54) is 12.1 Å². The lowest BCUT2D eigenvalue weighted by atomic mass is 10.1. The van der Waals surface area contributed by atoms with Crippen molar-refractivity contribution >= 4 is 29.4 Å². The van der Waals surface area contributed by atoms with Crippen LogP contribution >= 0.6 is 0 Å². The van der Waals surface area contributed by atoms with Crippen LogP contribution in [0.25, 0.3) is 10.4 Å². The van der Waals surface area contributed by atoms with Gasteiger partial charge in [-0.25, -0.2) is 4.79 Å². The molecule has 11 nitrogen and oxygen atoms in total. The molecule has 154 valence electrons. The number of carbonyl (C=O) groups excluding carboxylic acids is 4. The summed E-state index contributed by atoms with van der Waals surface area (Å²) in [6.07, 6.45) is 1.81. The molecule has 1 heterocycles. The Kier molecular flexibility index (Phi) is 7.55. The molecule has 2 N–H and O–H groups in total. The molecule has 0 spiro atoms. The van der Waals surface area contributed by atoms with Gasteiger partial charge in [0.25, 0.3) is 17.7 Å². The number of nitrogens with zero attached hydrogens (tertiary/aromatic N) is 4. The normalized spacial score (nSPS) is 13.2. The fourth-order valence-corrected chi connectivity index (χ4v) is 2.70. The van der Waals surface area contributed by atoms with Gasteiger partial charge in [-0.05, 0) is 43.0 Å². The molecule has 1 aliphatic heterocycles. The topological polar surface area (TPSA) is 162 Å². The van der Waals surface area contributed by atoms with Crippen LogP contribution in [-0.4, -0.2) is 40.4 Å². The molecule has 3 amide bonds. The van der Waals surface area contributed by atoms with E-state index in [0.29, 0.717) is 36.4 Å². The van der Waals surface area contributed by atoms with Crippen molar-refractivity contribution in [2.75, 3.05) is 6.54 Å². The lowest BCUT2D eigenvalue weighted by Gasteiger charge is -2.12. The van der Waals surface area contributed by atoms with Gasteiger partial charge in [0.15, 0.2) is 0 Å². The first kappa shape index (κ1) is 21.7. The minimum Gasteiger partial charge on any atom is -0.507 e. The number of benzene rings is 1. The first-order valence-electron chi connectivity index (χ1n) is 9.07. The van der Waals surface area contributed by atoms with Crippen molar-refractivity contribution in [3.63, 3.8) is 0 Å². The standard InChI is InChI=1S/C18H21N5O6/c1-11-9-12(14(24)10-13(11)21-22-19)18(28)20-8-4-2-3-5-17(27)29-23-15(25)6-7-16(23)26/h9-10,24H,2-8H2,1H3,(H,20,28). The maximum atomic E-state index is 12.2. The maximum absolute atomic E-state index is 12.2. The molecule has 1 fully saturated rings. The van der Waals surface area contributed by atoms with Gasteiger partial charge in [0.05, 0.1) is 5.56 Å². The smallest absolute Gasteiger partial charge is 0.333 e. The molecule has 1 aromatic carbocycles. The molecule has 11 heteroatoms. The van der Waals surface area contributed by atoms with Crippen molar-refractivity contribution in [3.8, 4) is 5.75 Å². The van der Waals surface area contributed by atoms with Crippen LogP contribution in [0.5, 0.6) is 5.75 Å². The summed E-state index contributed by atoms with van der Waals surface area (Å²) in [5.74, 6) is -2.44. The number of phenols is 1. The Hall–Kier alpha value is -3.59. The molecule has 1 saturated heterocycles. The summed E-state index contributed by atoms with van der Waals surface area (Å²) in [6, 6.07) is 2.66. The van der Waals surface area contributed by atoms with Gasteiger partial charge in [-0.15, -0.1) is 5.06 Å². The fraction of sp³-hybridized carbons (Fsp3) is 0.444. The predicted octanol–water partition coefficient (Wildman–Crippen LogP) is 2.54. The third-order valence-corrected chi connectivity index (χ3v) is 4.25. The van der Waals surface area contributed by atoms with Gasteiger partial charge in [0.1, 0.15) is 5.75 Å². The summed E-state index contributed by atoms with van der Waals surface area (Å²) in [5, 5.41) is 16.5. The number of hydrogen-bond donors (Lipinski definition) is 2. The predicted molar refractivity (Wildman–Crippen MR) is 99.6 cm³/mol. The van der Waals surface area contributed by atoms with Crippen LogP contribution < -0.4 is 5.32 Å². The molecule has 0 bridgehead atoms. The first-order valence-corrected chi connectivity index (χ1v) is 9.07. The Morgan fingerprint density at radius 1 is 1.24 bits per heavy atom. The Bertz CT molecular complexity index is 862. The number of phenolic OH excluding ortho intramolecular Hbond substituents is 1. The van der Waals surface area contributed by atoms with Crippen molar-refractivity contribution < 1.29 is 29.1 Å². The van der Waals surface area contributed by atoms with Crippen LogP contribution in [-0.2, 0) is 19.2 Å². The number of hydrogen-bond acceptors (Lipinski definition) is 7. The monoisotopic (exact) mass is 403 g/mol. The van der Waals surface area contributed by atoms with E-state index in [1.54, 1.807) is 6.92 Å². The van der Waals surface area contributed by atoms with Crippen LogP contribution in [0.3, 0.4) is 0 Å². The number of unbranched alkanes of at least 4 members (excludes halogenated alkanes) is 2. The Morgan fingerprint density at radius 2 is 1.93 bits per heavy atom. The number of hydroxylamine groups is 2. The Balaban J connectivity index is 1.69. The van der Waals surface area contributed by atoms with Crippen LogP contribution in [0.2, 0.25) is 0 Å². The number of aromatic hydroxyl groups is 1. The van der Waals surface area contributed by atoms with Gasteiger partial charge < -0.3 is 15.3 Å². The largest absolute Gasteiger partial charge is 0.507 e. The molecular weight excluding hydrogens is 382 g/mol. The van der Waals surface area contributed by atoms with E-state index in [4.69, 9.17) is 10.4 Å². The highest BCUT2D eigenvalue weighted by Crippen LogP contribution is 2.28. The number of imide groups is 1. The van der Waals surface area contributed by atoms with E-state index in [-0.39, 0.29) is 36.3 Å². The molecule has 1 aliphatic rings. The van der Waals surface area contributed by atoms with Gasteiger partial charge >= 0.3 is 5.97 Å². The Labute approximate surface area is 166 Å². The first-order chi connectivity index (χ1) is 13.8. The third kappa shape index (κ3) is 5.94. The summed E-state index contributed by atoms with van der Waals surface area (Å²) < 4.78 is 0. The second-order valence-corrected chi connectivity index (χ2v) is 6.46. The number of nitrogens with one attached hydrogen (secondary N) is 1. The van der Waals surface area contributed by atoms with Crippen molar-refractivity contribution in [1.82, 2.24) is 10.4 Å². The third-order valence-electron chi connectivity index (χ3n) is 4.25. The van der Waals surface area contributed by atoms with E-state index in [2.05, 4.69) is 15.3 Å². The van der Waals surface area contributed by atoms with Crippen LogP contribution in [0, 0.1) is 6.92 Å². The summed E-state index contributed by atoms with van der Waals surface area (Å²) >= 11 is 0. The van der Waals surface area contributed by atoms with Crippen molar-refractivity contribution in [2.45, 2.75) is 45.4 Å². The lowest BCUT2D eigenvalue weighted by Crippen LogP contribution is -2.31. The molecule has 0 aromatic heterocycles. The maximum Gasteiger partial charge on any atom is 0.333 e. The van der Waals surface area contributed by atoms with E-state index >= 15 is 0 Å². The molecule has 0 radical (unpaired) electrons. The highest BCUT2D eigenvalue weighted by Gasteiger charge is 2.32. The van der Waals surface area contributed by atoms with Gasteiger partial charge in [0.2, 0.25) is 0 Å². The van der Waals surface area contributed by atoms with Gasteiger partial charge in [-0.1, -0.05) is 11.5 Å². The van der Waals surface area contributed by atoms with Gasteiger partial charge in [-0.3, -0.25) is 14.4 Å². The summed E-state index contributed by atoms with van der Waals surface area (Å²) in [7, 11) is 0. The molecule has 1 aromatic rings. The van der Waals surface area contributed by atoms with Crippen molar-refractivity contribution in [2.24, 2.45) is 5.11 Å². The van der Waals surface area contributed by atoms with Crippen molar-refractivity contribution in [1.29, 1.82) is 0 Å². The second-order valence-electron chi connectivity index (χ2n) is 6.46. The van der Waals surface area contributed by atoms with Crippen LogP contribution in [0.15, 0.2) is 17.2 Å². The zero-order chi connectivity index (χ0) is 21.4. The average Bonchev–Trinajstić information content (AvgIpc) is 2.99. The molecule has 0 aliphatic carbocycles. The summed E-state index contributed by atoms with van der Waals surface area (Å²) in [4.78, 5) is 54.0. The summed E-state index contributed by atoms with van der Waals surface area (Å²) in [5.41, 5.74) is 9.33. The highest BCUT2D eigenvalue weighted by molar-refractivity contribution is 6.01. The zero-order valence-corrected chi connectivity index (χ0v) is 15.9. The van der Waals surface area contributed by atoms with E-state index < -0.39 is 23.7 Å². The van der Waals surface area contributed by atoms with Gasteiger partial charge in [0, 0.05) is 36.4 Å². The number of carbonyl (C=O) groups is 4. The van der Waals surface area contributed by atoms with E-state index in [9.17, 15) is 24.3 Å². The highest BCUT2D eigenvalue weighted by atomic mass is 16.7. The summed E-state index contributed by atoms with van der Waals surface area (Å²) in [6.45, 7) is 1.98. The van der Waals surface area contributed by atoms with Crippen molar-refractivity contribution in [3.05, 3.63) is 33.7 Å². The molecule has 0 unspecified atom stereocenters. The van der Waals surface area contributed by atoms with Crippen LogP contribution in [0.1, 0.15) is 54.4 Å². The average molecular weight is 403 g/mol. The van der Waals surface area contributed by atoms with E-state index in [1.807, 2.05) is 0 Å². The quantitative estimate of drug-likeness (QED) is 0.212. The lowest BCUT2D eigenvalue weighted by molar-refractivity contribution is -0.197. The number of azide groups is 1. The second kappa shape index (κ2) is 10.1. The molecular formula is C18H21N5O6. The van der Waals surface area contributed by atoms with Gasteiger partial charge in [-0.2, -0.15) is 0 Å². The number of amides is 3. The molecule has 0 atom stereocenters. The SMILES string of the molecule is Cc1cc(C(=O)NCCCCCC(=O)ON2C(=O)CCC2=O)c(O)cc1N=[N+]=[N-].